The first kappa shape index (κ1) is 28.8. The number of alkyl halides is 3. The quantitative estimate of drug-likeness (QED) is 0.340. The van der Waals surface area contributed by atoms with Crippen LogP contribution in [-0.4, -0.2) is 48.0 Å². The number of anilines is 2. The molecule has 9 nitrogen and oxygen atoms in total. The van der Waals surface area contributed by atoms with E-state index < -0.39 is 23.9 Å². The number of amides is 1. The van der Waals surface area contributed by atoms with Gasteiger partial charge in [0.05, 0.1) is 50.0 Å². The van der Waals surface area contributed by atoms with Crippen molar-refractivity contribution in [3.63, 3.8) is 0 Å². The molecule has 2 aromatic carbocycles. The number of ether oxygens (including phenoxy) is 3. The van der Waals surface area contributed by atoms with Crippen molar-refractivity contribution in [2.45, 2.75) is 51.4 Å². The summed E-state index contributed by atoms with van der Waals surface area (Å²) in [5.41, 5.74) is 0.808. The minimum Gasteiger partial charge on any atom is -0.504 e. The van der Waals surface area contributed by atoms with E-state index in [2.05, 4.69) is 15.3 Å². The van der Waals surface area contributed by atoms with Crippen LogP contribution in [0.3, 0.4) is 0 Å². The van der Waals surface area contributed by atoms with Crippen molar-refractivity contribution in [3.05, 3.63) is 65.0 Å². The number of halogens is 3. The third kappa shape index (κ3) is 6.16. The van der Waals surface area contributed by atoms with Gasteiger partial charge in [0.2, 0.25) is 5.95 Å². The molecule has 12 heteroatoms. The van der Waals surface area contributed by atoms with Gasteiger partial charge in [0.25, 0.3) is 0 Å². The predicted octanol–water partition coefficient (Wildman–Crippen LogP) is 6.11. The number of methoxy groups -OCH3 is 2. The van der Waals surface area contributed by atoms with E-state index >= 15 is 0 Å². The summed E-state index contributed by atoms with van der Waals surface area (Å²) in [6.45, 7) is 3.69. The van der Waals surface area contributed by atoms with Crippen molar-refractivity contribution in [1.82, 2.24) is 9.97 Å². The lowest BCUT2D eigenvalue weighted by molar-refractivity contribution is -0.137. The maximum Gasteiger partial charge on any atom is 0.416 e. The number of benzene rings is 2. The van der Waals surface area contributed by atoms with E-state index in [-0.39, 0.29) is 42.8 Å². The second-order valence-corrected chi connectivity index (χ2v) is 9.26. The average molecular weight is 561 g/mol. The molecule has 1 amide bonds. The van der Waals surface area contributed by atoms with Crippen molar-refractivity contribution in [3.8, 4) is 17.2 Å². The number of hydrogen-bond acceptors (Lipinski definition) is 8. The summed E-state index contributed by atoms with van der Waals surface area (Å²) in [7, 11) is 3.06. The zero-order valence-corrected chi connectivity index (χ0v) is 22.6. The lowest BCUT2D eigenvalue weighted by Gasteiger charge is -2.40. The highest BCUT2D eigenvalue weighted by Gasteiger charge is 2.39. The molecule has 2 heterocycles. The van der Waals surface area contributed by atoms with Gasteiger partial charge < -0.3 is 24.6 Å². The summed E-state index contributed by atoms with van der Waals surface area (Å²) >= 11 is 0. The van der Waals surface area contributed by atoms with Gasteiger partial charge in [-0.15, -0.1) is 0 Å². The van der Waals surface area contributed by atoms with Crippen LogP contribution in [0.2, 0.25) is 0 Å². The van der Waals surface area contributed by atoms with E-state index in [0.29, 0.717) is 29.3 Å². The molecule has 2 N–H and O–H groups in total. The number of hydrogen-bond donors (Lipinski definition) is 2. The van der Waals surface area contributed by atoms with Crippen molar-refractivity contribution in [2.24, 2.45) is 0 Å². The second kappa shape index (κ2) is 11.9. The van der Waals surface area contributed by atoms with E-state index in [1.807, 2.05) is 6.92 Å². The number of rotatable bonds is 8. The van der Waals surface area contributed by atoms with Gasteiger partial charge in [0.1, 0.15) is 11.5 Å². The molecule has 4 rings (SSSR count). The molecular formula is C28H31F3N4O5. The standard InChI is InChI=1S/C28H31F3N4O5/c1-5-18-13-22(21-12-17(28(29,30)31)7-8-24(21)35(18)27(37)40-6-2)33-26-32-15-25(36)23(34-26)11-16-9-19(38-3)14-20(10-16)39-4/h7-10,12,14-15,18,22,36H,5-6,11,13H2,1-4H3,(H,32,33,34)/t18-,22+/m1/s1. The number of aromatic hydroxyl groups is 1. The van der Waals surface area contributed by atoms with Crippen LogP contribution in [0.1, 0.15) is 55.1 Å². The highest BCUT2D eigenvalue weighted by molar-refractivity contribution is 5.90. The van der Waals surface area contributed by atoms with Crippen molar-refractivity contribution in [1.29, 1.82) is 0 Å². The molecule has 214 valence electrons. The Labute approximate surface area is 229 Å². The van der Waals surface area contributed by atoms with Gasteiger partial charge in [0, 0.05) is 18.5 Å². The van der Waals surface area contributed by atoms with Crippen LogP contribution in [-0.2, 0) is 17.3 Å². The van der Waals surface area contributed by atoms with Gasteiger partial charge in [-0.25, -0.2) is 14.8 Å². The molecule has 3 aromatic rings. The first-order chi connectivity index (χ1) is 19.1. The van der Waals surface area contributed by atoms with E-state index in [9.17, 15) is 23.1 Å². The summed E-state index contributed by atoms with van der Waals surface area (Å²) < 4.78 is 56.8. The van der Waals surface area contributed by atoms with Crippen LogP contribution in [0, 0.1) is 0 Å². The molecular weight excluding hydrogens is 529 g/mol. The minimum atomic E-state index is -4.57. The van der Waals surface area contributed by atoms with E-state index in [4.69, 9.17) is 14.2 Å². The number of carbonyl (C=O) groups excluding carboxylic acids is 1. The average Bonchev–Trinajstić information content (AvgIpc) is 2.93. The summed E-state index contributed by atoms with van der Waals surface area (Å²) in [5.74, 6) is 1.11. The third-order valence-corrected chi connectivity index (χ3v) is 6.73. The van der Waals surface area contributed by atoms with Crippen molar-refractivity contribution in [2.75, 3.05) is 31.0 Å². The zero-order chi connectivity index (χ0) is 29.0. The Morgan fingerprint density at radius 1 is 1.12 bits per heavy atom. The van der Waals surface area contributed by atoms with Crippen molar-refractivity contribution < 1.29 is 37.3 Å². The van der Waals surface area contributed by atoms with Gasteiger partial charge in [-0.3, -0.25) is 4.90 Å². The second-order valence-electron chi connectivity index (χ2n) is 9.26. The highest BCUT2D eigenvalue weighted by atomic mass is 19.4. The van der Waals surface area contributed by atoms with Crippen LogP contribution in [0.5, 0.6) is 17.2 Å². The molecule has 0 saturated carbocycles. The molecule has 1 aliphatic heterocycles. The molecule has 1 aliphatic rings. The van der Waals surface area contributed by atoms with Crippen LogP contribution >= 0.6 is 0 Å². The Bertz CT molecular complexity index is 1350. The lowest BCUT2D eigenvalue weighted by Crippen LogP contribution is -2.46. The number of carbonyl (C=O) groups is 1. The van der Waals surface area contributed by atoms with Gasteiger partial charge >= 0.3 is 12.3 Å². The predicted molar refractivity (Wildman–Crippen MR) is 142 cm³/mol. The Balaban J connectivity index is 1.70. The molecule has 40 heavy (non-hydrogen) atoms. The van der Waals surface area contributed by atoms with E-state index in [0.717, 1.165) is 17.7 Å². The summed E-state index contributed by atoms with van der Waals surface area (Å²) in [4.78, 5) is 22.9. The van der Waals surface area contributed by atoms with Crippen LogP contribution in [0.15, 0.2) is 42.6 Å². The Kier molecular flexibility index (Phi) is 8.55. The molecule has 0 aliphatic carbocycles. The van der Waals surface area contributed by atoms with Gasteiger partial charge in [-0.2, -0.15) is 13.2 Å². The highest BCUT2D eigenvalue weighted by Crippen LogP contribution is 2.43. The SMILES string of the molecule is CCOC(=O)N1c2ccc(C(F)(F)F)cc2[C@@H](Nc2ncc(O)c(Cc3cc(OC)cc(OC)c3)n2)C[C@H]1CC. The first-order valence-corrected chi connectivity index (χ1v) is 12.8. The Morgan fingerprint density at radius 3 is 2.42 bits per heavy atom. The van der Waals surface area contributed by atoms with Crippen LogP contribution in [0.4, 0.5) is 29.6 Å². The fourth-order valence-electron chi connectivity index (χ4n) is 4.78. The molecule has 1 aromatic heterocycles. The fraction of sp³-hybridized carbons (Fsp3) is 0.393. The van der Waals surface area contributed by atoms with Gasteiger partial charge in [-0.1, -0.05) is 6.92 Å². The molecule has 0 radical (unpaired) electrons. The van der Waals surface area contributed by atoms with E-state index in [1.54, 1.807) is 25.1 Å². The molecule has 0 unspecified atom stereocenters. The molecule has 0 fully saturated rings. The molecule has 0 saturated heterocycles. The molecule has 2 atom stereocenters. The van der Waals surface area contributed by atoms with Gasteiger partial charge in [-0.05, 0) is 61.2 Å². The minimum absolute atomic E-state index is 0.121. The Hall–Kier alpha value is -4.22. The molecule has 0 spiro atoms. The smallest absolute Gasteiger partial charge is 0.416 e. The number of nitrogens with one attached hydrogen (secondary N) is 1. The summed E-state index contributed by atoms with van der Waals surface area (Å²) in [6.07, 6.45) is -2.92. The normalized spacial score (nSPS) is 16.7. The largest absolute Gasteiger partial charge is 0.504 e. The van der Waals surface area contributed by atoms with Crippen molar-refractivity contribution >= 4 is 17.7 Å². The number of fused-ring (bicyclic) bond motifs is 1. The summed E-state index contributed by atoms with van der Waals surface area (Å²) in [6, 6.07) is 7.57. The maximum atomic E-state index is 13.6. The monoisotopic (exact) mass is 560 g/mol. The first-order valence-electron chi connectivity index (χ1n) is 12.8. The number of aromatic nitrogens is 2. The third-order valence-electron chi connectivity index (χ3n) is 6.73. The fourth-order valence-corrected chi connectivity index (χ4v) is 4.78. The van der Waals surface area contributed by atoms with E-state index in [1.165, 1.54) is 31.4 Å². The van der Waals surface area contributed by atoms with Crippen LogP contribution in [0.25, 0.3) is 0 Å². The lowest BCUT2D eigenvalue weighted by atomic mass is 9.89. The number of nitrogens with zero attached hydrogens (tertiary/aromatic N) is 3. The maximum absolute atomic E-state index is 13.6. The zero-order valence-electron chi connectivity index (χ0n) is 22.6. The Morgan fingerprint density at radius 2 is 1.82 bits per heavy atom. The van der Waals surface area contributed by atoms with Gasteiger partial charge in [0.15, 0.2) is 5.75 Å². The topological polar surface area (TPSA) is 106 Å². The van der Waals surface area contributed by atoms with Crippen LogP contribution < -0.4 is 19.7 Å². The summed E-state index contributed by atoms with van der Waals surface area (Å²) in [5, 5.41) is 13.6. The molecule has 0 bridgehead atoms.